The standard InChI is InChI=1S/C43H50F3N5O7/c1-41(2,40-48-23-36(57-40)32-21-30(55-5)15-16-47-32)50-18-17-49(33(25-50)34(53)22-43(44,45)46)24-29(52)20-28(19-27-11-7-6-8-12-27)39(54)51-38-31-13-9-10-14-35(31)56-26-37(38)58-42(51,3)4/h6-16,21,23,28-29,33,37-38,52H,17-20,22,24-26H2,1-5H3/t28-,29-,33?,37-,38?/m1/s1. The molecule has 310 valence electrons. The van der Waals surface area contributed by atoms with Gasteiger partial charge in [-0.15, -0.1) is 0 Å². The molecular weight excluding hydrogens is 755 g/mol. The molecule has 7 rings (SSSR count). The van der Waals surface area contributed by atoms with E-state index in [1.807, 2.05) is 87.2 Å². The van der Waals surface area contributed by atoms with Crippen LogP contribution in [0.2, 0.25) is 0 Å². The Kier molecular flexibility index (Phi) is 11.7. The number of aliphatic hydroxyl groups is 1. The summed E-state index contributed by atoms with van der Waals surface area (Å²) >= 11 is 0. The number of hydrogen-bond donors (Lipinski definition) is 1. The number of para-hydroxylation sites is 1. The molecule has 58 heavy (non-hydrogen) atoms. The fourth-order valence-electron chi connectivity index (χ4n) is 8.58. The van der Waals surface area contributed by atoms with Crippen molar-refractivity contribution in [3.8, 4) is 23.0 Å². The highest BCUT2D eigenvalue weighted by Crippen LogP contribution is 2.48. The lowest BCUT2D eigenvalue weighted by Crippen LogP contribution is -2.61. The van der Waals surface area contributed by atoms with Crippen LogP contribution < -0.4 is 9.47 Å². The first-order valence-corrected chi connectivity index (χ1v) is 19.5. The van der Waals surface area contributed by atoms with E-state index < -0.39 is 59.9 Å². The Morgan fingerprint density at radius 3 is 2.52 bits per heavy atom. The molecule has 2 saturated heterocycles. The summed E-state index contributed by atoms with van der Waals surface area (Å²) in [6, 6.07) is 18.8. The van der Waals surface area contributed by atoms with Gasteiger partial charge in [0.2, 0.25) is 11.8 Å². The summed E-state index contributed by atoms with van der Waals surface area (Å²) in [6.45, 7) is 7.95. The minimum atomic E-state index is -4.72. The van der Waals surface area contributed by atoms with Crippen LogP contribution in [0.5, 0.6) is 11.5 Å². The van der Waals surface area contributed by atoms with Crippen molar-refractivity contribution in [2.24, 2.45) is 5.92 Å². The van der Waals surface area contributed by atoms with Crippen LogP contribution in [0.15, 0.2) is 83.5 Å². The molecule has 1 N–H and O–H groups in total. The second-order valence-corrected chi connectivity index (χ2v) is 16.3. The Morgan fingerprint density at radius 1 is 1.03 bits per heavy atom. The number of hydrogen-bond acceptors (Lipinski definition) is 11. The van der Waals surface area contributed by atoms with Crippen molar-refractivity contribution in [3.05, 3.63) is 96.1 Å². The van der Waals surface area contributed by atoms with E-state index >= 15 is 0 Å². The summed E-state index contributed by atoms with van der Waals surface area (Å²) in [5.74, 6) is -0.0151. The number of benzene rings is 2. The van der Waals surface area contributed by atoms with Gasteiger partial charge in [0.05, 0.1) is 37.0 Å². The third kappa shape index (κ3) is 8.77. The molecular formula is C43H50F3N5O7. The van der Waals surface area contributed by atoms with E-state index in [0.29, 0.717) is 41.8 Å². The first kappa shape index (κ1) is 41.3. The summed E-state index contributed by atoms with van der Waals surface area (Å²) in [5.41, 5.74) is 0.284. The number of nitrogens with zero attached hydrogens (tertiary/aromatic N) is 5. The van der Waals surface area contributed by atoms with Gasteiger partial charge in [-0.25, -0.2) is 4.98 Å². The fourth-order valence-corrected chi connectivity index (χ4v) is 8.58. The number of oxazole rings is 1. The summed E-state index contributed by atoms with van der Waals surface area (Å²) in [5, 5.41) is 11.8. The minimum Gasteiger partial charge on any atom is -0.497 e. The van der Waals surface area contributed by atoms with Gasteiger partial charge in [0, 0.05) is 49.9 Å². The van der Waals surface area contributed by atoms with Crippen LogP contribution in [0.4, 0.5) is 13.2 Å². The SMILES string of the molecule is COc1ccnc(-c2cnc(C(C)(C)N3CCN(C[C@H](O)C[C@@H](Cc4ccccc4)C(=O)N4C5c6ccccc6OC[C@H]5OC4(C)C)C(C(=O)CC(F)(F)F)C3)o2)c1. The van der Waals surface area contributed by atoms with Crippen LogP contribution >= 0.6 is 0 Å². The van der Waals surface area contributed by atoms with E-state index in [4.69, 9.17) is 18.6 Å². The number of aliphatic hydroxyl groups excluding tert-OH is 1. The zero-order valence-corrected chi connectivity index (χ0v) is 33.3. The van der Waals surface area contributed by atoms with Gasteiger partial charge in [-0.2, -0.15) is 13.2 Å². The number of methoxy groups -OCH3 is 1. The molecule has 2 aromatic heterocycles. The number of piperazine rings is 1. The monoisotopic (exact) mass is 805 g/mol. The summed E-state index contributed by atoms with van der Waals surface area (Å²) in [4.78, 5) is 42.5. The predicted molar refractivity (Wildman–Crippen MR) is 207 cm³/mol. The van der Waals surface area contributed by atoms with Crippen LogP contribution in [0.25, 0.3) is 11.5 Å². The molecule has 2 unspecified atom stereocenters. The Bertz CT molecular complexity index is 2080. The third-order valence-corrected chi connectivity index (χ3v) is 11.5. The number of β-amino-alcohol motifs (C(OH)–C–C–N with tert-alkyl or cyclic N) is 1. The molecule has 3 aliphatic heterocycles. The summed E-state index contributed by atoms with van der Waals surface area (Å²) < 4.78 is 65.1. The van der Waals surface area contributed by atoms with E-state index in [0.717, 1.165) is 11.1 Å². The number of ether oxygens (including phenoxy) is 3. The van der Waals surface area contributed by atoms with E-state index in [-0.39, 0.29) is 38.6 Å². The molecule has 5 atom stereocenters. The molecule has 0 saturated carbocycles. The molecule has 0 spiro atoms. The number of pyridine rings is 1. The lowest BCUT2D eigenvalue weighted by molar-refractivity contribution is -0.159. The van der Waals surface area contributed by atoms with Crippen LogP contribution in [0.3, 0.4) is 0 Å². The summed E-state index contributed by atoms with van der Waals surface area (Å²) in [6.07, 6.45) is -4.49. The molecule has 12 nitrogen and oxygen atoms in total. The maximum atomic E-state index is 14.9. The number of halogens is 3. The first-order valence-electron chi connectivity index (χ1n) is 19.5. The number of amides is 1. The average molecular weight is 806 g/mol. The van der Waals surface area contributed by atoms with Crippen molar-refractivity contribution < 1.29 is 46.5 Å². The quantitative estimate of drug-likeness (QED) is 0.166. The Labute approximate surface area is 335 Å². The molecule has 5 heterocycles. The fraction of sp³-hybridized carbons (Fsp3) is 0.488. The van der Waals surface area contributed by atoms with E-state index in [2.05, 4.69) is 9.97 Å². The predicted octanol–water partition coefficient (Wildman–Crippen LogP) is 6.20. The molecule has 0 bridgehead atoms. The lowest BCUT2D eigenvalue weighted by Gasteiger charge is -2.46. The maximum absolute atomic E-state index is 14.9. The molecule has 4 aromatic rings. The second kappa shape index (κ2) is 16.4. The second-order valence-electron chi connectivity index (χ2n) is 16.3. The number of fused-ring (bicyclic) bond motifs is 3. The average Bonchev–Trinajstić information content (AvgIpc) is 3.80. The van der Waals surface area contributed by atoms with Gasteiger partial charge >= 0.3 is 6.18 Å². The zero-order valence-electron chi connectivity index (χ0n) is 33.3. The number of Topliss-reactive ketones (excluding diaryl/α,β-unsaturated/α-hetero) is 1. The van der Waals surface area contributed by atoms with Crippen molar-refractivity contribution in [2.45, 2.75) is 88.7 Å². The number of aromatic nitrogens is 2. The van der Waals surface area contributed by atoms with Crippen molar-refractivity contribution in [1.29, 1.82) is 0 Å². The molecule has 2 aromatic carbocycles. The molecule has 3 aliphatic rings. The molecule has 2 fully saturated rings. The molecule has 0 radical (unpaired) electrons. The van der Waals surface area contributed by atoms with E-state index in [9.17, 15) is 27.9 Å². The van der Waals surface area contributed by atoms with E-state index in [1.165, 1.54) is 13.3 Å². The van der Waals surface area contributed by atoms with Gasteiger partial charge in [-0.05, 0) is 58.2 Å². The topological polar surface area (TPSA) is 131 Å². The highest BCUT2D eigenvalue weighted by Gasteiger charge is 2.54. The van der Waals surface area contributed by atoms with Gasteiger partial charge in [0.25, 0.3) is 0 Å². The minimum absolute atomic E-state index is 0.000864. The van der Waals surface area contributed by atoms with Crippen molar-refractivity contribution >= 4 is 11.7 Å². The summed E-state index contributed by atoms with van der Waals surface area (Å²) in [7, 11) is 1.54. The number of carbonyl (C=O) groups is 2. The Morgan fingerprint density at radius 2 is 1.78 bits per heavy atom. The largest absolute Gasteiger partial charge is 0.497 e. The van der Waals surface area contributed by atoms with Gasteiger partial charge < -0.3 is 28.6 Å². The highest BCUT2D eigenvalue weighted by atomic mass is 19.4. The van der Waals surface area contributed by atoms with Gasteiger partial charge in [0.15, 0.2) is 11.5 Å². The maximum Gasteiger partial charge on any atom is 0.395 e. The van der Waals surface area contributed by atoms with Crippen LogP contribution in [-0.2, 0) is 26.3 Å². The Hall–Kier alpha value is -4.83. The van der Waals surface area contributed by atoms with Gasteiger partial charge in [0.1, 0.15) is 42.0 Å². The van der Waals surface area contributed by atoms with Crippen molar-refractivity contribution in [1.82, 2.24) is 24.7 Å². The van der Waals surface area contributed by atoms with Crippen LogP contribution in [-0.4, -0.2) is 112 Å². The lowest BCUT2D eigenvalue weighted by atomic mass is 9.89. The smallest absolute Gasteiger partial charge is 0.395 e. The van der Waals surface area contributed by atoms with E-state index in [1.54, 1.807) is 28.1 Å². The molecule has 15 heteroatoms. The number of ketones is 1. The number of rotatable bonds is 13. The van der Waals surface area contributed by atoms with Gasteiger partial charge in [-0.1, -0.05) is 48.5 Å². The van der Waals surface area contributed by atoms with Crippen molar-refractivity contribution in [3.63, 3.8) is 0 Å². The Balaban J connectivity index is 1.11. The van der Waals surface area contributed by atoms with Crippen LogP contribution in [0, 0.1) is 5.92 Å². The van der Waals surface area contributed by atoms with Gasteiger partial charge in [-0.3, -0.25) is 24.4 Å². The normalized spacial score (nSPS) is 22.1. The number of carbonyl (C=O) groups excluding carboxylic acids is 2. The molecule has 1 amide bonds. The van der Waals surface area contributed by atoms with Crippen molar-refractivity contribution in [2.75, 3.05) is 39.9 Å². The first-order chi connectivity index (χ1) is 27.5. The third-order valence-electron chi connectivity index (χ3n) is 11.5. The molecule has 0 aliphatic carbocycles. The van der Waals surface area contributed by atoms with Crippen LogP contribution in [0.1, 0.15) is 63.6 Å². The highest BCUT2D eigenvalue weighted by molar-refractivity contribution is 5.85. The zero-order chi connectivity index (χ0) is 41.4. The number of alkyl halides is 3.